The number of carbonyl (C=O) groups excluding carboxylic acids is 1. The summed E-state index contributed by atoms with van der Waals surface area (Å²) in [4.78, 5) is 23.3. The molecule has 0 unspecified atom stereocenters. The van der Waals surface area contributed by atoms with E-state index in [-0.39, 0.29) is 5.91 Å². The van der Waals surface area contributed by atoms with Crippen molar-refractivity contribution in [2.24, 2.45) is 0 Å². The van der Waals surface area contributed by atoms with Crippen LogP contribution in [0.15, 0.2) is 12.2 Å². The second-order valence-corrected chi connectivity index (χ2v) is 3.41. The van der Waals surface area contributed by atoms with Gasteiger partial charge in [-0.15, -0.1) is 0 Å². The molecule has 0 spiro atoms. The highest BCUT2D eigenvalue weighted by molar-refractivity contribution is 5.93. The van der Waals surface area contributed by atoms with Gasteiger partial charge in [-0.25, -0.2) is 4.79 Å². The Hall–Kier alpha value is -1.32. The summed E-state index contributed by atoms with van der Waals surface area (Å²) in [6.07, 6.45) is 6.39. The Balaban J connectivity index is 2.45. The maximum atomic E-state index is 11.4. The van der Waals surface area contributed by atoms with Crippen molar-refractivity contribution in [3.8, 4) is 0 Å². The smallest absolute Gasteiger partial charge is 0.328 e. The van der Waals surface area contributed by atoms with Gasteiger partial charge in [0.05, 0.1) is 0 Å². The first-order valence-electron chi connectivity index (χ1n) is 4.90. The molecule has 1 amide bonds. The van der Waals surface area contributed by atoms with Crippen LogP contribution >= 0.6 is 0 Å². The van der Waals surface area contributed by atoms with E-state index in [0.29, 0.717) is 0 Å². The van der Waals surface area contributed by atoms with Crippen LogP contribution < -0.4 is 0 Å². The molecule has 0 aromatic heterocycles. The molecule has 1 fully saturated rings. The number of amides is 1. The fourth-order valence-corrected chi connectivity index (χ4v) is 1.54. The van der Waals surface area contributed by atoms with Gasteiger partial charge >= 0.3 is 5.97 Å². The van der Waals surface area contributed by atoms with Gasteiger partial charge in [-0.3, -0.25) is 4.79 Å². The Morgan fingerprint density at radius 3 is 2.07 bits per heavy atom. The van der Waals surface area contributed by atoms with Gasteiger partial charge in [-0.2, -0.15) is 0 Å². The minimum absolute atomic E-state index is 0.186. The lowest BCUT2D eigenvalue weighted by atomic mass is 10.2. The monoisotopic (exact) mass is 197 g/mol. The maximum Gasteiger partial charge on any atom is 0.328 e. The van der Waals surface area contributed by atoms with E-state index in [9.17, 15) is 9.59 Å². The minimum atomic E-state index is -1.08. The van der Waals surface area contributed by atoms with E-state index in [1.54, 1.807) is 4.90 Å². The van der Waals surface area contributed by atoms with Gasteiger partial charge in [-0.05, 0) is 12.8 Å². The number of hydrogen-bond acceptors (Lipinski definition) is 2. The molecule has 0 aliphatic carbocycles. The van der Waals surface area contributed by atoms with E-state index in [4.69, 9.17) is 5.11 Å². The van der Waals surface area contributed by atoms with Gasteiger partial charge in [0.2, 0.25) is 5.91 Å². The van der Waals surface area contributed by atoms with Gasteiger partial charge in [0.1, 0.15) is 0 Å². The summed E-state index contributed by atoms with van der Waals surface area (Å²) in [5.41, 5.74) is 0. The molecule has 1 aliphatic rings. The number of nitrogens with zero attached hydrogens (tertiary/aromatic N) is 1. The molecular weight excluding hydrogens is 182 g/mol. The van der Waals surface area contributed by atoms with Gasteiger partial charge in [-0.1, -0.05) is 12.8 Å². The number of carbonyl (C=O) groups is 2. The van der Waals surface area contributed by atoms with E-state index < -0.39 is 5.97 Å². The number of rotatable bonds is 2. The standard InChI is InChI=1S/C10H15NO3/c12-9(5-6-10(13)14)11-7-3-1-2-4-8-11/h5-6H,1-4,7-8H2,(H,13,14)/b6-5+. The van der Waals surface area contributed by atoms with Crippen LogP contribution in [0.3, 0.4) is 0 Å². The molecular formula is C10H15NO3. The van der Waals surface area contributed by atoms with Crippen LogP contribution in [-0.2, 0) is 9.59 Å². The first-order chi connectivity index (χ1) is 6.70. The molecule has 0 saturated carbocycles. The van der Waals surface area contributed by atoms with E-state index >= 15 is 0 Å². The van der Waals surface area contributed by atoms with Crippen molar-refractivity contribution < 1.29 is 14.7 Å². The van der Waals surface area contributed by atoms with Gasteiger partial charge in [0.15, 0.2) is 0 Å². The number of carboxylic acid groups (broad SMARTS) is 1. The molecule has 1 rings (SSSR count). The normalized spacial score (nSPS) is 18.1. The number of likely N-dealkylation sites (tertiary alicyclic amines) is 1. The van der Waals surface area contributed by atoms with Crippen LogP contribution in [0.4, 0.5) is 0 Å². The molecule has 0 atom stereocenters. The van der Waals surface area contributed by atoms with Crippen molar-refractivity contribution in [2.75, 3.05) is 13.1 Å². The summed E-state index contributed by atoms with van der Waals surface area (Å²) in [6.45, 7) is 1.51. The zero-order valence-electron chi connectivity index (χ0n) is 8.11. The average Bonchev–Trinajstić information content (AvgIpc) is 2.42. The van der Waals surface area contributed by atoms with Crippen LogP contribution in [0.2, 0.25) is 0 Å². The molecule has 0 bridgehead atoms. The highest BCUT2D eigenvalue weighted by Crippen LogP contribution is 2.09. The molecule has 1 N–H and O–H groups in total. The maximum absolute atomic E-state index is 11.4. The zero-order chi connectivity index (χ0) is 10.4. The predicted molar refractivity (Wildman–Crippen MR) is 51.8 cm³/mol. The minimum Gasteiger partial charge on any atom is -0.478 e. The molecule has 1 aliphatic heterocycles. The number of aliphatic carboxylic acids is 1. The molecule has 4 heteroatoms. The van der Waals surface area contributed by atoms with Crippen molar-refractivity contribution in [3.63, 3.8) is 0 Å². The molecule has 14 heavy (non-hydrogen) atoms. The lowest BCUT2D eigenvalue weighted by molar-refractivity contribution is -0.132. The Kier molecular flexibility index (Phi) is 4.16. The van der Waals surface area contributed by atoms with Crippen LogP contribution in [0, 0.1) is 0 Å². The third kappa shape index (κ3) is 3.60. The molecule has 0 aromatic rings. The SMILES string of the molecule is O=C(O)/C=C/C(=O)N1CCCCCC1. The Morgan fingerprint density at radius 1 is 1.00 bits per heavy atom. The van der Waals surface area contributed by atoms with Crippen molar-refractivity contribution >= 4 is 11.9 Å². The molecule has 0 aromatic carbocycles. The second-order valence-electron chi connectivity index (χ2n) is 3.41. The third-order valence-corrected chi connectivity index (χ3v) is 2.29. The zero-order valence-corrected chi connectivity index (χ0v) is 8.11. The summed E-state index contributed by atoms with van der Waals surface area (Å²) in [6, 6.07) is 0. The van der Waals surface area contributed by atoms with Crippen molar-refractivity contribution in [3.05, 3.63) is 12.2 Å². The molecule has 0 radical (unpaired) electrons. The Labute approximate surface area is 83.2 Å². The van der Waals surface area contributed by atoms with Crippen molar-refractivity contribution in [1.82, 2.24) is 4.90 Å². The average molecular weight is 197 g/mol. The summed E-state index contributed by atoms with van der Waals surface area (Å²) < 4.78 is 0. The summed E-state index contributed by atoms with van der Waals surface area (Å²) in [5.74, 6) is -1.26. The van der Waals surface area contributed by atoms with Gasteiger partial charge in [0, 0.05) is 25.2 Å². The fourth-order valence-electron chi connectivity index (χ4n) is 1.54. The van der Waals surface area contributed by atoms with Crippen LogP contribution in [0.5, 0.6) is 0 Å². The first-order valence-corrected chi connectivity index (χ1v) is 4.90. The van der Waals surface area contributed by atoms with Crippen molar-refractivity contribution in [2.45, 2.75) is 25.7 Å². The quantitative estimate of drug-likeness (QED) is 0.672. The van der Waals surface area contributed by atoms with E-state index in [1.165, 1.54) is 0 Å². The molecule has 4 nitrogen and oxygen atoms in total. The molecule has 1 heterocycles. The summed E-state index contributed by atoms with van der Waals surface area (Å²) >= 11 is 0. The number of carboxylic acids is 1. The fraction of sp³-hybridized carbons (Fsp3) is 0.600. The van der Waals surface area contributed by atoms with Crippen LogP contribution in [-0.4, -0.2) is 35.0 Å². The van der Waals surface area contributed by atoms with Gasteiger partial charge < -0.3 is 10.0 Å². The largest absolute Gasteiger partial charge is 0.478 e. The Morgan fingerprint density at radius 2 is 1.57 bits per heavy atom. The first kappa shape index (κ1) is 10.8. The van der Waals surface area contributed by atoms with Crippen molar-refractivity contribution in [1.29, 1.82) is 0 Å². The van der Waals surface area contributed by atoms with E-state index in [2.05, 4.69) is 0 Å². The highest BCUT2D eigenvalue weighted by atomic mass is 16.4. The predicted octanol–water partition coefficient (Wildman–Crippen LogP) is 1.03. The second kappa shape index (κ2) is 5.42. The topological polar surface area (TPSA) is 57.6 Å². The third-order valence-electron chi connectivity index (χ3n) is 2.29. The summed E-state index contributed by atoms with van der Waals surface area (Å²) in [5, 5.41) is 8.36. The number of hydrogen-bond donors (Lipinski definition) is 1. The van der Waals surface area contributed by atoms with Gasteiger partial charge in [0.25, 0.3) is 0 Å². The lowest BCUT2D eigenvalue weighted by Crippen LogP contribution is -2.30. The van der Waals surface area contributed by atoms with Crippen LogP contribution in [0.1, 0.15) is 25.7 Å². The molecule has 1 saturated heterocycles. The Bertz CT molecular complexity index is 240. The lowest BCUT2D eigenvalue weighted by Gasteiger charge is -2.17. The molecule has 78 valence electrons. The van der Waals surface area contributed by atoms with Crippen LogP contribution in [0.25, 0.3) is 0 Å². The van der Waals surface area contributed by atoms with E-state index in [0.717, 1.165) is 50.9 Å². The summed E-state index contributed by atoms with van der Waals surface area (Å²) in [7, 11) is 0. The van der Waals surface area contributed by atoms with E-state index in [1.807, 2.05) is 0 Å². The highest BCUT2D eigenvalue weighted by Gasteiger charge is 2.12.